The van der Waals surface area contributed by atoms with Gasteiger partial charge in [-0.25, -0.2) is 0 Å². The minimum absolute atomic E-state index is 0.716. The van der Waals surface area contributed by atoms with Crippen molar-refractivity contribution in [2.24, 2.45) is 10.2 Å². The van der Waals surface area contributed by atoms with E-state index in [9.17, 15) is 0 Å². The maximum Gasteiger partial charge on any atom is 0.0828 e. The number of thioether (sulfide) groups is 1. The monoisotopic (exact) mass is 276 g/mol. The molecule has 1 aliphatic rings. The molecule has 0 radical (unpaired) electrons. The van der Waals surface area contributed by atoms with Crippen LogP contribution in [0.4, 0.5) is 0 Å². The lowest BCUT2D eigenvalue weighted by Gasteiger charge is -2.08. The molecule has 1 heterocycles. The van der Waals surface area contributed by atoms with Gasteiger partial charge in [0.1, 0.15) is 0 Å². The smallest absolute Gasteiger partial charge is 0.0828 e. The van der Waals surface area contributed by atoms with E-state index in [-0.39, 0.29) is 0 Å². The fourth-order valence-electron chi connectivity index (χ4n) is 1.91. The Kier molecular flexibility index (Phi) is 6.11. The van der Waals surface area contributed by atoms with Crippen LogP contribution in [-0.2, 0) is 11.3 Å². The summed E-state index contributed by atoms with van der Waals surface area (Å²) in [5.74, 6) is 0.994. The van der Waals surface area contributed by atoms with E-state index in [0.717, 1.165) is 31.6 Å². The molecule has 1 aromatic rings. The Morgan fingerprint density at radius 1 is 1.26 bits per heavy atom. The number of nitrogens with zero attached hydrogens (tertiary/aromatic N) is 2. The minimum atomic E-state index is 0.716. The van der Waals surface area contributed by atoms with E-state index in [2.05, 4.69) is 41.4 Å². The second-order valence-corrected chi connectivity index (χ2v) is 5.47. The van der Waals surface area contributed by atoms with Crippen LogP contribution in [0.1, 0.15) is 30.4 Å². The van der Waals surface area contributed by atoms with Crippen molar-refractivity contribution >= 4 is 23.0 Å². The molecule has 0 atom stereocenters. The molecule has 0 aromatic heterocycles. The number of benzene rings is 1. The normalized spacial score (nSPS) is 14.5. The van der Waals surface area contributed by atoms with Gasteiger partial charge >= 0.3 is 0 Å². The molecule has 0 bridgehead atoms. The highest BCUT2D eigenvalue weighted by atomic mass is 32.2. The zero-order valence-electron chi connectivity index (χ0n) is 11.3. The van der Waals surface area contributed by atoms with Gasteiger partial charge in [0, 0.05) is 12.4 Å². The molecule has 0 aliphatic carbocycles. The van der Waals surface area contributed by atoms with Gasteiger partial charge in [0.15, 0.2) is 0 Å². The third kappa shape index (κ3) is 5.17. The summed E-state index contributed by atoms with van der Waals surface area (Å²) < 4.78 is 5.72. The summed E-state index contributed by atoms with van der Waals surface area (Å²) in [6.07, 6.45) is 3.25. The molecule has 0 amide bonds. The summed E-state index contributed by atoms with van der Waals surface area (Å²) in [6.45, 7) is 3.66. The van der Waals surface area contributed by atoms with Crippen LogP contribution in [0.3, 0.4) is 0 Å². The number of rotatable bonds is 7. The van der Waals surface area contributed by atoms with E-state index < -0.39 is 0 Å². The number of hydrogen-bond donors (Lipinski definition) is 0. The molecule has 0 saturated carbocycles. The summed E-state index contributed by atoms with van der Waals surface area (Å²) in [5, 5.41) is 8.05. The van der Waals surface area contributed by atoms with Gasteiger partial charge in [-0.15, -0.1) is 11.8 Å². The highest BCUT2D eigenvalue weighted by molar-refractivity contribution is 8.12. The number of unbranched alkanes of at least 4 members (excludes halogenated alkanes) is 1. The Hall–Kier alpha value is -1.13. The van der Waals surface area contributed by atoms with Crippen LogP contribution in [0, 0.1) is 6.92 Å². The van der Waals surface area contributed by atoms with Gasteiger partial charge in [0.05, 0.1) is 17.9 Å². The molecule has 1 aliphatic heterocycles. The summed E-state index contributed by atoms with van der Waals surface area (Å²) in [4.78, 5) is 0. The van der Waals surface area contributed by atoms with Gasteiger partial charge in [-0.2, -0.15) is 10.2 Å². The van der Waals surface area contributed by atoms with Gasteiger partial charge in [0.2, 0.25) is 0 Å². The highest BCUT2D eigenvalue weighted by Gasteiger charge is 2.03. The van der Waals surface area contributed by atoms with E-state index in [1.807, 2.05) is 0 Å². The maximum atomic E-state index is 5.72. The molecule has 102 valence electrons. The van der Waals surface area contributed by atoms with Crippen LogP contribution in [0.2, 0.25) is 0 Å². The third-order valence-electron chi connectivity index (χ3n) is 3.09. The predicted octanol–water partition coefficient (Wildman–Crippen LogP) is 3.81. The average molecular weight is 276 g/mol. The Bertz CT molecular complexity index is 457. The molecule has 0 spiro atoms. The quantitative estimate of drug-likeness (QED) is 0.710. The first kappa shape index (κ1) is 14.3. The second kappa shape index (κ2) is 8.12. The summed E-state index contributed by atoms with van der Waals surface area (Å²) in [5.41, 5.74) is 5.58. The summed E-state index contributed by atoms with van der Waals surface area (Å²) in [7, 11) is 0. The van der Waals surface area contributed by atoms with E-state index in [4.69, 9.17) is 4.74 Å². The van der Waals surface area contributed by atoms with Crippen molar-refractivity contribution in [3.63, 3.8) is 0 Å². The van der Waals surface area contributed by atoms with Crippen LogP contribution in [-0.4, -0.2) is 23.6 Å². The SMILES string of the molecule is Cc1ccccc1COCCCCC1=NN=CSC1. The highest BCUT2D eigenvalue weighted by Crippen LogP contribution is 2.10. The fourth-order valence-corrected chi connectivity index (χ4v) is 2.49. The van der Waals surface area contributed by atoms with Crippen LogP contribution in [0.25, 0.3) is 0 Å². The Labute approximate surface area is 119 Å². The standard InChI is InChI=1S/C15H20N2OS/c1-13-6-2-3-7-14(13)10-18-9-5-4-8-15-11-19-12-16-17-15/h2-3,6-7,12H,4-5,8-11H2,1H3. The van der Waals surface area contributed by atoms with E-state index >= 15 is 0 Å². The zero-order chi connectivity index (χ0) is 13.3. The van der Waals surface area contributed by atoms with Crippen molar-refractivity contribution in [1.29, 1.82) is 0 Å². The first-order chi connectivity index (χ1) is 9.36. The van der Waals surface area contributed by atoms with Crippen molar-refractivity contribution < 1.29 is 4.74 Å². The fraction of sp³-hybridized carbons (Fsp3) is 0.467. The molecule has 4 heteroatoms. The maximum absolute atomic E-state index is 5.72. The van der Waals surface area contributed by atoms with Crippen LogP contribution in [0.5, 0.6) is 0 Å². The van der Waals surface area contributed by atoms with Crippen molar-refractivity contribution in [2.45, 2.75) is 32.8 Å². The van der Waals surface area contributed by atoms with E-state index in [1.165, 1.54) is 16.8 Å². The molecule has 0 fully saturated rings. The third-order valence-corrected chi connectivity index (χ3v) is 3.84. The zero-order valence-corrected chi connectivity index (χ0v) is 12.2. The van der Waals surface area contributed by atoms with Crippen molar-refractivity contribution in [1.82, 2.24) is 0 Å². The number of ether oxygens (including phenoxy) is 1. The molecule has 0 N–H and O–H groups in total. The predicted molar refractivity (Wildman–Crippen MR) is 83.1 cm³/mol. The first-order valence-corrected chi connectivity index (χ1v) is 7.72. The molecule has 0 unspecified atom stereocenters. The molecular formula is C15H20N2OS. The lowest BCUT2D eigenvalue weighted by molar-refractivity contribution is 0.117. The van der Waals surface area contributed by atoms with E-state index in [1.54, 1.807) is 17.3 Å². The number of hydrogen-bond acceptors (Lipinski definition) is 4. The molecular weight excluding hydrogens is 256 g/mol. The van der Waals surface area contributed by atoms with Crippen LogP contribution >= 0.6 is 11.8 Å². The summed E-state index contributed by atoms with van der Waals surface area (Å²) in [6, 6.07) is 8.37. The second-order valence-electron chi connectivity index (χ2n) is 4.63. The molecule has 0 saturated heterocycles. The lowest BCUT2D eigenvalue weighted by Crippen LogP contribution is -2.05. The van der Waals surface area contributed by atoms with Crippen molar-refractivity contribution in [3.8, 4) is 0 Å². The summed E-state index contributed by atoms with van der Waals surface area (Å²) >= 11 is 1.72. The average Bonchev–Trinajstić information content (AvgIpc) is 2.45. The Balaban J connectivity index is 1.56. The number of aryl methyl sites for hydroxylation is 1. The van der Waals surface area contributed by atoms with Gasteiger partial charge in [0.25, 0.3) is 0 Å². The van der Waals surface area contributed by atoms with E-state index in [0.29, 0.717) is 6.61 Å². The molecule has 2 rings (SSSR count). The first-order valence-electron chi connectivity index (χ1n) is 6.67. The topological polar surface area (TPSA) is 34.0 Å². The van der Waals surface area contributed by atoms with Gasteiger partial charge in [-0.3, -0.25) is 0 Å². The Morgan fingerprint density at radius 2 is 2.16 bits per heavy atom. The minimum Gasteiger partial charge on any atom is -0.377 e. The van der Waals surface area contributed by atoms with Crippen molar-refractivity contribution in [3.05, 3.63) is 35.4 Å². The Morgan fingerprint density at radius 3 is 2.95 bits per heavy atom. The van der Waals surface area contributed by atoms with Gasteiger partial charge < -0.3 is 4.74 Å². The lowest BCUT2D eigenvalue weighted by atomic mass is 10.1. The molecule has 3 nitrogen and oxygen atoms in total. The van der Waals surface area contributed by atoms with Crippen molar-refractivity contribution in [2.75, 3.05) is 12.4 Å². The van der Waals surface area contributed by atoms with Gasteiger partial charge in [-0.05, 0) is 37.3 Å². The van der Waals surface area contributed by atoms with Gasteiger partial charge in [-0.1, -0.05) is 24.3 Å². The van der Waals surface area contributed by atoms with Crippen LogP contribution in [0.15, 0.2) is 34.5 Å². The molecule has 19 heavy (non-hydrogen) atoms. The van der Waals surface area contributed by atoms with Crippen LogP contribution < -0.4 is 0 Å². The largest absolute Gasteiger partial charge is 0.377 e. The molecule has 1 aromatic carbocycles.